The van der Waals surface area contributed by atoms with Crippen molar-refractivity contribution in [1.82, 2.24) is 0 Å². The highest BCUT2D eigenvalue weighted by Gasteiger charge is 2.30. The van der Waals surface area contributed by atoms with Crippen molar-refractivity contribution in [3.63, 3.8) is 0 Å². The predicted octanol–water partition coefficient (Wildman–Crippen LogP) is 3.09. The van der Waals surface area contributed by atoms with Gasteiger partial charge in [-0.3, -0.25) is 9.59 Å². The fourth-order valence-electron chi connectivity index (χ4n) is 1.44. The summed E-state index contributed by atoms with van der Waals surface area (Å²) in [5.41, 5.74) is 0.402. The van der Waals surface area contributed by atoms with Gasteiger partial charge < -0.3 is 10.4 Å². The molecule has 1 aromatic carbocycles. The zero-order valence-electron chi connectivity index (χ0n) is 10.6. The number of nitrogens with one attached hydrogen (secondary N) is 1. The highest BCUT2D eigenvalue weighted by atomic mass is 35.5. The van der Waals surface area contributed by atoms with Gasteiger partial charge in [-0.25, -0.2) is 0 Å². The van der Waals surface area contributed by atoms with Gasteiger partial charge in [0.05, 0.1) is 5.41 Å². The molecule has 0 aliphatic carbocycles. The van der Waals surface area contributed by atoms with E-state index in [2.05, 4.69) is 5.32 Å². The Morgan fingerprint density at radius 2 is 2.00 bits per heavy atom. The van der Waals surface area contributed by atoms with Gasteiger partial charge >= 0.3 is 5.97 Å². The minimum atomic E-state index is -1.08. The molecule has 0 aliphatic rings. The van der Waals surface area contributed by atoms with E-state index in [1.807, 2.05) is 6.92 Å². The molecular weight excluding hydrogens is 254 g/mol. The molecule has 18 heavy (non-hydrogen) atoms. The van der Waals surface area contributed by atoms with Gasteiger partial charge in [0, 0.05) is 17.1 Å². The van der Waals surface area contributed by atoms with E-state index in [0.717, 1.165) is 5.56 Å². The summed E-state index contributed by atoms with van der Waals surface area (Å²) in [6, 6.07) is 5.11. The topological polar surface area (TPSA) is 66.4 Å². The summed E-state index contributed by atoms with van der Waals surface area (Å²) in [6.45, 7) is 4.86. The number of carbonyl (C=O) groups is 2. The second-order valence-corrected chi connectivity index (χ2v) is 5.31. The number of aryl methyl sites for hydroxylation is 1. The molecule has 2 N–H and O–H groups in total. The maximum Gasteiger partial charge on any atom is 0.309 e. The Bertz CT molecular complexity index is 483. The Hall–Kier alpha value is -1.55. The van der Waals surface area contributed by atoms with Crippen LogP contribution in [0.3, 0.4) is 0 Å². The molecule has 1 rings (SSSR count). The Morgan fingerprint density at radius 1 is 1.39 bits per heavy atom. The van der Waals surface area contributed by atoms with Crippen molar-refractivity contribution in [2.45, 2.75) is 27.2 Å². The normalized spacial score (nSPS) is 11.1. The molecule has 0 saturated heterocycles. The third kappa shape index (κ3) is 3.74. The molecule has 0 bridgehead atoms. The van der Waals surface area contributed by atoms with Crippen molar-refractivity contribution in [1.29, 1.82) is 0 Å². The Balaban J connectivity index is 2.74. The minimum absolute atomic E-state index is 0.0790. The highest BCUT2D eigenvalue weighted by Crippen LogP contribution is 2.23. The van der Waals surface area contributed by atoms with Crippen LogP contribution in [-0.2, 0) is 9.59 Å². The quantitative estimate of drug-likeness (QED) is 0.883. The van der Waals surface area contributed by atoms with Gasteiger partial charge in [-0.05, 0) is 44.5 Å². The second-order valence-electron chi connectivity index (χ2n) is 4.87. The number of carboxylic acid groups (broad SMARTS) is 1. The van der Waals surface area contributed by atoms with E-state index in [1.165, 1.54) is 13.8 Å². The van der Waals surface area contributed by atoms with Gasteiger partial charge in [-0.15, -0.1) is 0 Å². The summed E-state index contributed by atoms with van der Waals surface area (Å²) in [5.74, 6) is -1.32. The zero-order chi connectivity index (χ0) is 13.9. The molecule has 0 heterocycles. The number of anilines is 1. The number of carbonyl (C=O) groups excluding carboxylic acids is 1. The van der Waals surface area contributed by atoms with Crippen LogP contribution in [-0.4, -0.2) is 17.0 Å². The molecular formula is C13H16ClNO3. The van der Waals surface area contributed by atoms with Gasteiger partial charge in [-0.2, -0.15) is 0 Å². The summed E-state index contributed by atoms with van der Waals surface area (Å²) < 4.78 is 0. The summed E-state index contributed by atoms with van der Waals surface area (Å²) in [5, 5.41) is 12.2. The summed E-state index contributed by atoms with van der Waals surface area (Å²) in [6.07, 6.45) is -0.0790. The van der Waals surface area contributed by atoms with Crippen molar-refractivity contribution in [2.75, 3.05) is 5.32 Å². The molecule has 0 spiro atoms. The molecule has 1 amide bonds. The van der Waals surface area contributed by atoms with Gasteiger partial charge in [0.2, 0.25) is 5.91 Å². The summed E-state index contributed by atoms with van der Waals surface area (Å²) >= 11 is 5.81. The average molecular weight is 270 g/mol. The van der Waals surface area contributed by atoms with E-state index in [4.69, 9.17) is 16.7 Å². The molecule has 98 valence electrons. The number of hydrogen-bond acceptors (Lipinski definition) is 2. The fraction of sp³-hybridized carbons (Fsp3) is 0.385. The van der Waals surface area contributed by atoms with Crippen LogP contribution >= 0.6 is 11.6 Å². The van der Waals surface area contributed by atoms with E-state index in [-0.39, 0.29) is 12.3 Å². The number of benzene rings is 1. The van der Waals surface area contributed by atoms with Crippen LogP contribution in [0.15, 0.2) is 18.2 Å². The summed E-state index contributed by atoms with van der Waals surface area (Å²) in [7, 11) is 0. The third-order valence-corrected chi connectivity index (χ3v) is 2.88. The zero-order valence-corrected chi connectivity index (χ0v) is 11.3. The van der Waals surface area contributed by atoms with Crippen LogP contribution in [0.2, 0.25) is 5.02 Å². The lowest BCUT2D eigenvalue weighted by molar-refractivity contribution is -0.148. The number of aliphatic carboxylic acids is 1. The first-order valence-electron chi connectivity index (χ1n) is 5.52. The van der Waals surface area contributed by atoms with E-state index < -0.39 is 11.4 Å². The molecule has 0 saturated carbocycles. The minimum Gasteiger partial charge on any atom is -0.481 e. The molecule has 4 nitrogen and oxygen atoms in total. The molecule has 5 heteroatoms. The molecule has 0 aromatic heterocycles. The number of rotatable bonds is 4. The second kappa shape index (κ2) is 5.40. The maximum absolute atomic E-state index is 11.8. The Kier molecular flexibility index (Phi) is 4.35. The first-order chi connectivity index (χ1) is 8.22. The van der Waals surface area contributed by atoms with E-state index in [0.29, 0.717) is 10.7 Å². The Morgan fingerprint density at radius 3 is 2.50 bits per heavy atom. The van der Waals surface area contributed by atoms with Crippen molar-refractivity contribution >= 4 is 29.2 Å². The van der Waals surface area contributed by atoms with Crippen LogP contribution in [0.25, 0.3) is 0 Å². The highest BCUT2D eigenvalue weighted by molar-refractivity contribution is 6.30. The number of halogens is 1. The molecule has 0 unspecified atom stereocenters. The molecule has 0 aliphatic heterocycles. The number of hydrogen-bond donors (Lipinski definition) is 2. The largest absolute Gasteiger partial charge is 0.481 e. The first kappa shape index (κ1) is 14.5. The van der Waals surface area contributed by atoms with Gasteiger partial charge in [0.1, 0.15) is 0 Å². The van der Waals surface area contributed by atoms with Crippen LogP contribution in [0.4, 0.5) is 5.69 Å². The van der Waals surface area contributed by atoms with Gasteiger partial charge in [-0.1, -0.05) is 11.6 Å². The molecule has 1 aromatic rings. The van der Waals surface area contributed by atoms with Crippen molar-refractivity contribution in [2.24, 2.45) is 5.41 Å². The molecule has 0 atom stereocenters. The van der Waals surface area contributed by atoms with Crippen molar-refractivity contribution in [3.05, 3.63) is 28.8 Å². The monoisotopic (exact) mass is 269 g/mol. The van der Waals surface area contributed by atoms with Crippen LogP contribution in [0.1, 0.15) is 25.8 Å². The van der Waals surface area contributed by atoms with Crippen molar-refractivity contribution in [3.8, 4) is 0 Å². The fourth-order valence-corrected chi connectivity index (χ4v) is 1.67. The predicted molar refractivity (Wildman–Crippen MR) is 70.9 cm³/mol. The van der Waals surface area contributed by atoms with Gasteiger partial charge in [0.15, 0.2) is 0 Å². The van der Waals surface area contributed by atoms with Crippen molar-refractivity contribution < 1.29 is 14.7 Å². The van der Waals surface area contributed by atoms with E-state index >= 15 is 0 Å². The van der Waals surface area contributed by atoms with Crippen LogP contribution < -0.4 is 5.32 Å². The molecule has 0 fully saturated rings. The maximum atomic E-state index is 11.8. The van der Waals surface area contributed by atoms with E-state index in [1.54, 1.807) is 18.2 Å². The smallest absolute Gasteiger partial charge is 0.309 e. The van der Waals surface area contributed by atoms with Gasteiger partial charge in [0.25, 0.3) is 0 Å². The third-order valence-electron chi connectivity index (χ3n) is 2.64. The standard InChI is InChI=1S/C13H16ClNO3/c1-8-6-9(14)4-5-10(8)15-11(16)7-13(2,3)12(17)18/h4-6H,7H2,1-3H3,(H,15,16)(H,17,18). The lowest BCUT2D eigenvalue weighted by Crippen LogP contribution is -2.29. The SMILES string of the molecule is Cc1cc(Cl)ccc1NC(=O)CC(C)(C)C(=O)O. The van der Waals surface area contributed by atoms with E-state index in [9.17, 15) is 9.59 Å². The average Bonchev–Trinajstić information content (AvgIpc) is 2.21. The lowest BCUT2D eigenvalue weighted by atomic mass is 9.89. The number of amides is 1. The Labute approximate surface area is 111 Å². The summed E-state index contributed by atoms with van der Waals surface area (Å²) in [4.78, 5) is 22.7. The first-order valence-corrected chi connectivity index (χ1v) is 5.89. The lowest BCUT2D eigenvalue weighted by Gasteiger charge is -2.18. The van der Waals surface area contributed by atoms with Crippen LogP contribution in [0.5, 0.6) is 0 Å². The molecule has 0 radical (unpaired) electrons. The number of carboxylic acids is 1. The van der Waals surface area contributed by atoms with Crippen LogP contribution in [0, 0.1) is 12.3 Å².